The highest BCUT2D eigenvalue weighted by Gasteiger charge is 2.28. The van der Waals surface area contributed by atoms with Gasteiger partial charge in [-0.25, -0.2) is 0 Å². The number of hydrogen-bond acceptors (Lipinski definition) is 3. The summed E-state index contributed by atoms with van der Waals surface area (Å²) in [5.41, 5.74) is 5.78. The number of likely N-dealkylation sites (tertiary alicyclic amines) is 1. The lowest BCUT2D eigenvalue weighted by Crippen LogP contribution is -2.36. The summed E-state index contributed by atoms with van der Waals surface area (Å²) in [7, 11) is 0. The molecule has 0 saturated carbocycles. The van der Waals surface area contributed by atoms with Gasteiger partial charge in [0.2, 0.25) is 0 Å². The first-order valence-corrected chi connectivity index (χ1v) is 6.20. The third-order valence-corrected chi connectivity index (χ3v) is 4.19. The van der Waals surface area contributed by atoms with E-state index in [0.29, 0.717) is 12.1 Å². The molecule has 2 atom stereocenters. The molecule has 1 aromatic heterocycles. The Morgan fingerprint density at radius 1 is 1.67 bits per heavy atom. The fourth-order valence-electron chi connectivity index (χ4n) is 2.31. The van der Waals surface area contributed by atoms with Gasteiger partial charge in [0.05, 0.1) is 0 Å². The molecule has 15 heavy (non-hydrogen) atoms. The molecule has 86 valence electrons. The Morgan fingerprint density at radius 3 is 3.07 bits per heavy atom. The number of nitrogens with zero attached hydrogens (tertiary/aromatic N) is 1. The summed E-state index contributed by atoms with van der Waals surface area (Å²) in [6, 6.07) is 5.50. The van der Waals surface area contributed by atoms with Crippen LogP contribution in [0.4, 0.5) is 0 Å². The van der Waals surface area contributed by atoms with Crippen LogP contribution in [0.3, 0.4) is 0 Å². The largest absolute Gasteiger partial charge is 0.329 e. The van der Waals surface area contributed by atoms with E-state index in [9.17, 15) is 0 Å². The van der Waals surface area contributed by atoms with E-state index in [1.165, 1.54) is 24.3 Å². The minimum Gasteiger partial charge on any atom is -0.329 e. The second kappa shape index (κ2) is 5.85. The van der Waals surface area contributed by atoms with Crippen molar-refractivity contribution in [2.45, 2.75) is 31.8 Å². The third-order valence-electron chi connectivity index (χ3n) is 3.15. The van der Waals surface area contributed by atoms with Gasteiger partial charge in [-0.2, -0.15) is 0 Å². The van der Waals surface area contributed by atoms with Crippen LogP contribution in [-0.4, -0.2) is 24.0 Å². The van der Waals surface area contributed by atoms with Crippen LogP contribution in [-0.2, 0) is 0 Å². The molecule has 0 radical (unpaired) electrons. The molecular formula is C11H19ClN2S. The van der Waals surface area contributed by atoms with Gasteiger partial charge >= 0.3 is 0 Å². The molecule has 0 bridgehead atoms. The molecule has 0 amide bonds. The van der Waals surface area contributed by atoms with Crippen LogP contribution >= 0.6 is 23.7 Å². The van der Waals surface area contributed by atoms with Crippen molar-refractivity contribution in [3.8, 4) is 0 Å². The fourth-order valence-corrected chi connectivity index (χ4v) is 3.12. The predicted molar refractivity (Wildman–Crippen MR) is 68.8 cm³/mol. The Morgan fingerprint density at radius 2 is 2.47 bits per heavy atom. The van der Waals surface area contributed by atoms with Crippen LogP contribution in [0, 0.1) is 0 Å². The maximum atomic E-state index is 5.78. The molecule has 2 nitrogen and oxygen atoms in total. The molecule has 1 fully saturated rings. The van der Waals surface area contributed by atoms with Gasteiger partial charge in [-0.1, -0.05) is 6.07 Å². The first-order chi connectivity index (χ1) is 6.83. The highest BCUT2D eigenvalue weighted by atomic mass is 35.5. The van der Waals surface area contributed by atoms with E-state index in [0.717, 1.165) is 6.54 Å². The lowest BCUT2D eigenvalue weighted by atomic mass is 10.2. The molecule has 0 aliphatic carbocycles. The summed E-state index contributed by atoms with van der Waals surface area (Å²) >= 11 is 1.85. The summed E-state index contributed by atoms with van der Waals surface area (Å²) in [6.45, 7) is 4.30. The molecule has 0 spiro atoms. The summed E-state index contributed by atoms with van der Waals surface area (Å²) in [5, 5.41) is 2.15. The van der Waals surface area contributed by atoms with E-state index < -0.39 is 0 Å². The molecule has 1 saturated heterocycles. The Labute approximate surface area is 102 Å². The van der Waals surface area contributed by atoms with Crippen molar-refractivity contribution in [3.63, 3.8) is 0 Å². The van der Waals surface area contributed by atoms with Crippen LogP contribution in [0.1, 0.15) is 30.7 Å². The lowest BCUT2D eigenvalue weighted by Gasteiger charge is -2.29. The van der Waals surface area contributed by atoms with Crippen molar-refractivity contribution >= 4 is 23.7 Å². The molecule has 2 rings (SSSR count). The smallest absolute Gasteiger partial charge is 0.0416 e. The number of halogens is 1. The highest BCUT2D eigenvalue weighted by Crippen LogP contribution is 2.30. The maximum Gasteiger partial charge on any atom is 0.0416 e. The summed E-state index contributed by atoms with van der Waals surface area (Å²) in [6.07, 6.45) is 2.57. The topological polar surface area (TPSA) is 29.3 Å². The van der Waals surface area contributed by atoms with Crippen molar-refractivity contribution in [2.24, 2.45) is 5.73 Å². The van der Waals surface area contributed by atoms with Crippen molar-refractivity contribution in [3.05, 3.63) is 22.4 Å². The molecular weight excluding hydrogens is 228 g/mol. The summed E-state index contributed by atoms with van der Waals surface area (Å²) in [5.74, 6) is 0. The molecule has 1 aliphatic heterocycles. The van der Waals surface area contributed by atoms with Crippen LogP contribution in [0.25, 0.3) is 0 Å². The quantitative estimate of drug-likeness (QED) is 0.889. The van der Waals surface area contributed by atoms with E-state index >= 15 is 0 Å². The Kier molecular flexibility index (Phi) is 5.06. The molecule has 1 aliphatic rings. The second-order valence-corrected chi connectivity index (χ2v) is 4.94. The fraction of sp³-hybridized carbons (Fsp3) is 0.636. The van der Waals surface area contributed by atoms with E-state index in [4.69, 9.17) is 5.73 Å². The monoisotopic (exact) mass is 246 g/mol. The van der Waals surface area contributed by atoms with Crippen molar-refractivity contribution in [1.82, 2.24) is 4.90 Å². The van der Waals surface area contributed by atoms with Gasteiger partial charge in [0.1, 0.15) is 0 Å². The standard InChI is InChI=1S/C11H18N2S.ClH/c1-9(11-5-3-7-14-11)13-6-2-4-10(13)8-12;/h3,5,7,9-10H,2,4,6,8,12H2,1H3;1H. The molecule has 1 aromatic rings. The second-order valence-electron chi connectivity index (χ2n) is 3.96. The molecule has 2 heterocycles. The SMILES string of the molecule is CC(c1cccs1)N1CCCC1CN.Cl. The van der Waals surface area contributed by atoms with Gasteiger partial charge in [0.15, 0.2) is 0 Å². The third kappa shape index (κ3) is 2.72. The zero-order valence-electron chi connectivity index (χ0n) is 9.06. The zero-order chi connectivity index (χ0) is 9.97. The van der Waals surface area contributed by atoms with Crippen LogP contribution in [0.5, 0.6) is 0 Å². The summed E-state index contributed by atoms with van der Waals surface area (Å²) < 4.78 is 0. The number of hydrogen-bond donors (Lipinski definition) is 1. The highest BCUT2D eigenvalue weighted by molar-refractivity contribution is 7.10. The van der Waals surface area contributed by atoms with Gasteiger partial charge < -0.3 is 5.73 Å². The number of rotatable bonds is 3. The van der Waals surface area contributed by atoms with Crippen molar-refractivity contribution in [2.75, 3.05) is 13.1 Å². The number of thiophene rings is 1. The van der Waals surface area contributed by atoms with E-state index in [1.807, 2.05) is 11.3 Å². The normalized spacial score (nSPS) is 23.7. The maximum absolute atomic E-state index is 5.78. The molecule has 2 N–H and O–H groups in total. The van der Waals surface area contributed by atoms with Gasteiger partial charge in [0, 0.05) is 23.5 Å². The van der Waals surface area contributed by atoms with Gasteiger partial charge in [-0.15, -0.1) is 23.7 Å². The Balaban J connectivity index is 0.00000112. The van der Waals surface area contributed by atoms with Crippen LogP contribution in [0.2, 0.25) is 0 Å². The average Bonchev–Trinajstić information content (AvgIpc) is 2.87. The first kappa shape index (κ1) is 13.0. The minimum absolute atomic E-state index is 0. The van der Waals surface area contributed by atoms with E-state index in [2.05, 4.69) is 29.3 Å². The first-order valence-electron chi connectivity index (χ1n) is 5.32. The van der Waals surface area contributed by atoms with Gasteiger partial charge in [-0.3, -0.25) is 4.90 Å². The molecule has 4 heteroatoms. The van der Waals surface area contributed by atoms with Crippen molar-refractivity contribution < 1.29 is 0 Å². The van der Waals surface area contributed by atoms with Crippen LogP contribution < -0.4 is 5.73 Å². The van der Waals surface area contributed by atoms with E-state index in [1.54, 1.807) is 0 Å². The van der Waals surface area contributed by atoms with Crippen LogP contribution in [0.15, 0.2) is 17.5 Å². The summed E-state index contributed by atoms with van der Waals surface area (Å²) in [4.78, 5) is 4.01. The Bertz CT molecular complexity index is 276. The van der Waals surface area contributed by atoms with E-state index in [-0.39, 0.29) is 12.4 Å². The van der Waals surface area contributed by atoms with Crippen molar-refractivity contribution in [1.29, 1.82) is 0 Å². The average molecular weight is 247 g/mol. The zero-order valence-corrected chi connectivity index (χ0v) is 10.7. The Hall–Kier alpha value is -0.0900. The number of nitrogens with two attached hydrogens (primary N) is 1. The van der Waals surface area contributed by atoms with Gasteiger partial charge in [-0.05, 0) is 37.8 Å². The lowest BCUT2D eigenvalue weighted by molar-refractivity contribution is 0.199. The molecule has 2 unspecified atom stereocenters. The predicted octanol–water partition coefficient (Wildman–Crippen LogP) is 2.65. The van der Waals surface area contributed by atoms with Gasteiger partial charge in [0.25, 0.3) is 0 Å². The minimum atomic E-state index is 0. The molecule has 0 aromatic carbocycles.